The van der Waals surface area contributed by atoms with Gasteiger partial charge in [-0.1, -0.05) is 16.8 Å². The zero-order valence-corrected chi connectivity index (χ0v) is 17.5. The van der Waals surface area contributed by atoms with Crippen molar-refractivity contribution in [3.05, 3.63) is 32.7 Å². The molecule has 1 fully saturated rings. The topological polar surface area (TPSA) is 80.5 Å². The standard InChI is InChI=1S/C17H23ClN4O3S2/c1-12-9-17(14-8-16(18)26-15(14)2-6-25-17)3-4-21(12)10-13-11-22(20-19-13)5-7-27(23)24/h8,11-12H,2-7,9-10H2,1H3,(H,23,24)/t12-,17+/m0/s1. The fourth-order valence-electron chi connectivity index (χ4n) is 4.15. The lowest BCUT2D eigenvalue weighted by Crippen LogP contribution is -2.50. The predicted molar refractivity (Wildman–Crippen MR) is 105 cm³/mol. The van der Waals surface area contributed by atoms with Gasteiger partial charge in [-0.3, -0.25) is 9.58 Å². The molecule has 0 radical (unpaired) electrons. The zero-order chi connectivity index (χ0) is 19.0. The number of rotatable bonds is 5. The van der Waals surface area contributed by atoms with E-state index in [4.69, 9.17) is 20.9 Å². The number of hydrogen-bond donors (Lipinski definition) is 1. The summed E-state index contributed by atoms with van der Waals surface area (Å²) >= 11 is 6.14. The molecule has 27 heavy (non-hydrogen) atoms. The van der Waals surface area contributed by atoms with Crippen molar-refractivity contribution in [2.45, 2.75) is 50.9 Å². The van der Waals surface area contributed by atoms with Gasteiger partial charge in [-0.25, -0.2) is 4.21 Å². The van der Waals surface area contributed by atoms with E-state index >= 15 is 0 Å². The summed E-state index contributed by atoms with van der Waals surface area (Å²) in [6.07, 6.45) is 4.69. The van der Waals surface area contributed by atoms with Gasteiger partial charge in [0.25, 0.3) is 0 Å². The van der Waals surface area contributed by atoms with Crippen LogP contribution in [-0.4, -0.2) is 53.6 Å². The molecule has 4 rings (SSSR count). The van der Waals surface area contributed by atoms with E-state index in [9.17, 15) is 4.21 Å². The fourth-order valence-corrected chi connectivity index (χ4v) is 5.83. The van der Waals surface area contributed by atoms with Crippen molar-refractivity contribution in [1.29, 1.82) is 0 Å². The first-order valence-corrected chi connectivity index (χ1v) is 11.6. The van der Waals surface area contributed by atoms with Gasteiger partial charge in [-0.05, 0) is 31.4 Å². The van der Waals surface area contributed by atoms with Gasteiger partial charge in [0.05, 0.1) is 34.5 Å². The maximum absolute atomic E-state index is 10.8. The quantitative estimate of drug-likeness (QED) is 0.734. The Kier molecular flexibility index (Phi) is 5.69. The summed E-state index contributed by atoms with van der Waals surface area (Å²) in [5.41, 5.74) is 1.96. The lowest BCUT2D eigenvalue weighted by molar-refractivity contribution is -0.112. The molecule has 1 N–H and O–H groups in total. The molecule has 0 aromatic carbocycles. The Hall–Kier alpha value is -0.840. The fraction of sp³-hybridized carbons (Fsp3) is 0.647. The van der Waals surface area contributed by atoms with Crippen LogP contribution in [0.2, 0.25) is 4.34 Å². The first-order chi connectivity index (χ1) is 12.9. The summed E-state index contributed by atoms with van der Waals surface area (Å²) in [5, 5.41) is 8.26. The third-order valence-electron chi connectivity index (χ3n) is 5.47. The molecule has 4 heterocycles. The highest BCUT2D eigenvalue weighted by atomic mass is 35.5. The smallest absolute Gasteiger partial charge is 0.154 e. The number of piperidine rings is 1. The minimum atomic E-state index is -1.81. The molecule has 1 spiro atoms. The minimum Gasteiger partial charge on any atom is -0.370 e. The summed E-state index contributed by atoms with van der Waals surface area (Å²) in [6, 6.07) is 2.44. The highest BCUT2D eigenvalue weighted by molar-refractivity contribution is 7.79. The van der Waals surface area contributed by atoms with Crippen LogP contribution in [0, 0.1) is 0 Å². The van der Waals surface area contributed by atoms with E-state index in [1.807, 2.05) is 6.20 Å². The van der Waals surface area contributed by atoms with Crippen molar-refractivity contribution in [1.82, 2.24) is 19.9 Å². The average Bonchev–Trinajstić information content (AvgIpc) is 3.22. The van der Waals surface area contributed by atoms with Gasteiger partial charge in [0, 0.05) is 36.6 Å². The number of aryl methyl sites for hydroxylation is 1. The molecule has 0 aliphatic carbocycles. The number of likely N-dealkylation sites (tertiary alicyclic amines) is 1. The Morgan fingerprint density at radius 1 is 1.56 bits per heavy atom. The van der Waals surface area contributed by atoms with E-state index < -0.39 is 11.1 Å². The summed E-state index contributed by atoms with van der Waals surface area (Å²) in [6.45, 7) is 5.02. The Labute approximate surface area is 169 Å². The molecule has 2 aliphatic rings. The molecular formula is C17H23ClN4O3S2. The Morgan fingerprint density at radius 2 is 2.41 bits per heavy atom. The Balaban J connectivity index is 1.42. The van der Waals surface area contributed by atoms with Gasteiger partial charge in [0.15, 0.2) is 11.1 Å². The van der Waals surface area contributed by atoms with Gasteiger partial charge in [-0.2, -0.15) is 0 Å². The number of ether oxygens (including phenoxy) is 1. The summed E-state index contributed by atoms with van der Waals surface area (Å²) in [7, 11) is 0. The van der Waals surface area contributed by atoms with Crippen LogP contribution in [0.3, 0.4) is 0 Å². The normalized spacial score (nSPS) is 27.0. The SMILES string of the molecule is C[C@H]1C[C@@]2(CCN1Cc1cn(CCS(=O)O)nn1)OCCc1sc(Cl)cc12. The van der Waals surface area contributed by atoms with Crippen molar-refractivity contribution in [3.8, 4) is 0 Å². The summed E-state index contributed by atoms with van der Waals surface area (Å²) in [5.74, 6) is 0.161. The van der Waals surface area contributed by atoms with Crippen LogP contribution in [0.5, 0.6) is 0 Å². The molecule has 2 aliphatic heterocycles. The number of aromatic nitrogens is 3. The van der Waals surface area contributed by atoms with Crippen LogP contribution in [0.1, 0.15) is 35.9 Å². The van der Waals surface area contributed by atoms with Crippen LogP contribution in [0.4, 0.5) is 0 Å². The molecule has 0 bridgehead atoms. The largest absolute Gasteiger partial charge is 0.370 e. The summed E-state index contributed by atoms with van der Waals surface area (Å²) in [4.78, 5) is 3.77. The van der Waals surface area contributed by atoms with E-state index in [1.54, 1.807) is 16.0 Å². The maximum atomic E-state index is 10.8. The van der Waals surface area contributed by atoms with Crippen LogP contribution in [0.15, 0.2) is 12.3 Å². The molecule has 148 valence electrons. The number of fused-ring (bicyclic) bond motifs is 2. The number of hydrogen-bond acceptors (Lipinski definition) is 6. The average molecular weight is 431 g/mol. The second kappa shape index (κ2) is 7.88. The maximum Gasteiger partial charge on any atom is 0.154 e. The van der Waals surface area contributed by atoms with Crippen molar-refractivity contribution in [2.24, 2.45) is 0 Å². The van der Waals surface area contributed by atoms with Gasteiger partial charge >= 0.3 is 0 Å². The monoisotopic (exact) mass is 430 g/mol. The second-order valence-electron chi connectivity index (χ2n) is 7.25. The molecule has 1 unspecified atom stereocenters. The molecule has 0 amide bonds. The minimum absolute atomic E-state index is 0.161. The Morgan fingerprint density at radius 3 is 3.19 bits per heavy atom. The van der Waals surface area contributed by atoms with Gasteiger partial charge in [0.2, 0.25) is 0 Å². The van der Waals surface area contributed by atoms with Gasteiger partial charge in [-0.15, -0.1) is 16.4 Å². The van der Waals surface area contributed by atoms with E-state index in [0.29, 0.717) is 12.6 Å². The molecule has 3 atom stereocenters. The van der Waals surface area contributed by atoms with Crippen molar-refractivity contribution >= 4 is 34.0 Å². The lowest BCUT2D eigenvalue weighted by atomic mass is 9.79. The molecule has 2 aromatic rings. The highest BCUT2D eigenvalue weighted by Crippen LogP contribution is 2.47. The molecule has 1 saturated heterocycles. The highest BCUT2D eigenvalue weighted by Gasteiger charge is 2.44. The lowest BCUT2D eigenvalue weighted by Gasteiger charge is -2.47. The third kappa shape index (κ3) is 4.13. The molecular weight excluding hydrogens is 408 g/mol. The van der Waals surface area contributed by atoms with Gasteiger partial charge in [0.1, 0.15) is 0 Å². The van der Waals surface area contributed by atoms with Crippen LogP contribution in [-0.2, 0) is 40.9 Å². The predicted octanol–water partition coefficient (Wildman–Crippen LogP) is 2.67. The number of halogens is 1. The van der Waals surface area contributed by atoms with E-state index in [2.05, 4.69) is 28.2 Å². The van der Waals surface area contributed by atoms with E-state index in [0.717, 1.165) is 49.0 Å². The number of nitrogens with zero attached hydrogens (tertiary/aromatic N) is 4. The van der Waals surface area contributed by atoms with E-state index in [-0.39, 0.29) is 11.4 Å². The summed E-state index contributed by atoms with van der Waals surface area (Å²) < 4.78 is 28.5. The first kappa shape index (κ1) is 19.5. The molecule has 0 saturated carbocycles. The number of thiophene rings is 1. The third-order valence-corrected chi connectivity index (χ3v) is 7.33. The molecule has 7 nitrogen and oxygen atoms in total. The second-order valence-corrected chi connectivity index (χ2v) is 10.1. The van der Waals surface area contributed by atoms with Crippen LogP contribution < -0.4 is 0 Å². The van der Waals surface area contributed by atoms with Gasteiger partial charge < -0.3 is 9.29 Å². The first-order valence-electron chi connectivity index (χ1n) is 9.08. The van der Waals surface area contributed by atoms with Crippen molar-refractivity contribution < 1.29 is 13.5 Å². The van der Waals surface area contributed by atoms with Crippen molar-refractivity contribution in [3.63, 3.8) is 0 Å². The van der Waals surface area contributed by atoms with Crippen molar-refractivity contribution in [2.75, 3.05) is 18.9 Å². The van der Waals surface area contributed by atoms with Crippen LogP contribution in [0.25, 0.3) is 0 Å². The molecule has 10 heteroatoms. The Bertz CT molecular complexity index is 842. The molecule has 2 aromatic heterocycles. The van der Waals surface area contributed by atoms with E-state index in [1.165, 1.54) is 10.4 Å². The van der Waals surface area contributed by atoms with Crippen LogP contribution >= 0.6 is 22.9 Å². The zero-order valence-electron chi connectivity index (χ0n) is 15.1.